The van der Waals surface area contributed by atoms with E-state index in [4.69, 9.17) is 14.2 Å². The first-order valence-electron chi connectivity index (χ1n) is 10.1. The highest BCUT2D eigenvalue weighted by Gasteiger charge is 2.47. The highest BCUT2D eigenvalue weighted by atomic mass is 32.1. The second-order valence-corrected chi connectivity index (χ2v) is 8.95. The lowest BCUT2D eigenvalue weighted by Gasteiger charge is -2.29. The molecular weight excluding hydrogens is 394 g/mol. The molecule has 4 unspecified atom stereocenters. The number of benzene rings is 1. The minimum Gasteiger partial charge on any atom is -0.494 e. The topological polar surface area (TPSA) is 93.2 Å². The summed E-state index contributed by atoms with van der Waals surface area (Å²) in [6.07, 6.45) is 1.58. The van der Waals surface area contributed by atoms with Crippen molar-refractivity contribution in [3.8, 4) is 5.75 Å². The van der Waals surface area contributed by atoms with Crippen LogP contribution in [0.5, 0.6) is 5.75 Å². The van der Waals surface area contributed by atoms with Crippen molar-refractivity contribution in [3.63, 3.8) is 0 Å². The molecule has 1 aromatic heterocycles. The quantitative estimate of drug-likeness (QED) is 0.787. The van der Waals surface area contributed by atoms with E-state index in [2.05, 4.69) is 15.2 Å². The number of hydrogen-bond donors (Lipinski definition) is 2. The minimum absolute atomic E-state index is 0.115. The van der Waals surface area contributed by atoms with Crippen molar-refractivity contribution in [1.29, 1.82) is 0 Å². The lowest BCUT2D eigenvalue weighted by Crippen LogP contribution is -2.36. The fraction of sp³-hybridized carbons (Fsp3) is 0.600. The van der Waals surface area contributed by atoms with Gasteiger partial charge in [-0.15, -0.1) is 0 Å². The van der Waals surface area contributed by atoms with Crippen molar-refractivity contribution >= 4 is 38.5 Å². The van der Waals surface area contributed by atoms with E-state index in [-0.39, 0.29) is 24.0 Å². The number of rotatable bonds is 4. The summed E-state index contributed by atoms with van der Waals surface area (Å²) < 4.78 is 17.6. The van der Waals surface area contributed by atoms with Crippen LogP contribution in [0.2, 0.25) is 0 Å². The minimum atomic E-state index is -0.483. The summed E-state index contributed by atoms with van der Waals surface area (Å²) in [5, 5.41) is 13.2. The molecule has 1 aliphatic heterocycles. The molecule has 4 atom stereocenters. The van der Waals surface area contributed by atoms with Crippen LogP contribution in [0.15, 0.2) is 12.1 Å². The van der Waals surface area contributed by atoms with Crippen LogP contribution in [-0.2, 0) is 9.47 Å². The number of nitrogens with one attached hydrogen (secondary N) is 1. The molecule has 2 saturated carbocycles. The molecule has 5 rings (SSSR count). The Hall–Kier alpha value is -2.10. The van der Waals surface area contributed by atoms with E-state index in [0.717, 1.165) is 48.3 Å². The molecule has 2 N–H and O–H groups in total. The third-order valence-corrected chi connectivity index (χ3v) is 7.27. The zero-order chi connectivity index (χ0) is 20.0. The Bertz CT molecular complexity index is 911. The number of carbonyl (C=O) groups is 1. The van der Waals surface area contributed by atoms with Crippen molar-refractivity contribution in [3.05, 3.63) is 12.1 Å². The van der Waals surface area contributed by atoms with Gasteiger partial charge < -0.3 is 24.2 Å². The molecule has 2 aromatic rings. The molecular formula is C20H25N3O5S. The van der Waals surface area contributed by atoms with Gasteiger partial charge in [-0.3, -0.25) is 5.32 Å². The molecule has 8 nitrogen and oxygen atoms in total. The average Bonchev–Trinajstić information content (AvgIpc) is 3.41. The Balaban J connectivity index is 1.34. The van der Waals surface area contributed by atoms with Gasteiger partial charge in [-0.1, -0.05) is 11.3 Å². The predicted octanol–water partition coefficient (Wildman–Crippen LogP) is 2.85. The average molecular weight is 420 g/mol. The van der Waals surface area contributed by atoms with E-state index in [1.54, 1.807) is 7.11 Å². The molecule has 1 saturated heterocycles. The van der Waals surface area contributed by atoms with Crippen molar-refractivity contribution < 1.29 is 24.1 Å². The summed E-state index contributed by atoms with van der Waals surface area (Å²) in [4.78, 5) is 19.3. The van der Waals surface area contributed by atoms with Crippen molar-refractivity contribution in [2.24, 2.45) is 11.8 Å². The van der Waals surface area contributed by atoms with Crippen LogP contribution < -0.4 is 15.0 Å². The second kappa shape index (κ2) is 7.62. The molecule has 2 bridgehead atoms. The van der Waals surface area contributed by atoms with Gasteiger partial charge in [0.2, 0.25) is 0 Å². The third-order valence-electron chi connectivity index (χ3n) is 6.28. The molecule has 1 amide bonds. The zero-order valence-electron chi connectivity index (χ0n) is 16.3. The van der Waals surface area contributed by atoms with Crippen LogP contribution in [0, 0.1) is 11.8 Å². The Morgan fingerprint density at radius 3 is 2.79 bits per heavy atom. The predicted molar refractivity (Wildman–Crippen MR) is 110 cm³/mol. The largest absolute Gasteiger partial charge is 0.494 e. The summed E-state index contributed by atoms with van der Waals surface area (Å²) in [5.74, 6) is 1.21. The standard InChI is InChI=1S/C20H25N3O5S/c1-26-15-3-2-13(23-4-6-27-7-5-23)18-17(15)21-19(29-18)22-20(25)28-16-10-11-8-12(16)9-14(11)24/h2-3,11-12,14,16,24H,4-10H2,1H3,(H,21,22,25). The Morgan fingerprint density at radius 2 is 2.10 bits per heavy atom. The first-order chi connectivity index (χ1) is 14.1. The van der Waals surface area contributed by atoms with E-state index in [0.29, 0.717) is 24.1 Å². The summed E-state index contributed by atoms with van der Waals surface area (Å²) >= 11 is 1.42. The molecule has 1 aromatic carbocycles. The first kappa shape index (κ1) is 18.9. The van der Waals surface area contributed by atoms with Gasteiger partial charge in [-0.05, 0) is 43.2 Å². The van der Waals surface area contributed by atoms with Gasteiger partial charge in [0.1, 0.15) is 17.4 Å². The van der Waals surface area contributed by atoms with Crippen LogP contribution in [-0.4, -0.2) is 61.8 Å². The number of aliphatic hydroxyl groups is 1. The number of fused-ring (bicyclic) bond motifs is 3. The smallest absolute Gasteiger partial charge is 0.413 e. The number of anilines is 2. The van der Waals surface area contributed by atoms with Crippen molar-refractivity contribution in [2.45, 2.75) is 31.5 Å². The number of ether oxygens (including phenoxy) is 3. The Morgan fingerprint density at radius 1 is 1.28 bits per heavy atom. The van der Waals surface area contributed by atoms with E-state index >= 15 is 0 Å². The lowest BCUT2D eigenvalue weighted by molar-refractivity contribution is 0.0321. The summed E-state index contributed by atoms with van der Waals surface area (Å²) in [6, 6.07) is 3.95. The molecule has 29 heavy (non-hydrogen) atoms. The van der Waals surface area contributed by atoms with Crippen LogP contribution >= 0.6 is 11.3 Å². The highest BCUT2D eigenvalue weighted by Crippen LogP contribution is 2.46. The van der Waals surface area contributed by atoms with E-state index in [1.807, 2.05) is 12.1 Å². The summed E-state index contributed by atoms with van der Waals surface area (Å²) in [6.45, 7) is 3.03. The second-order valence-electron chi connectivity index (χ2n) is 7.95. The SMILES string of the molecule is COc1ccc(N2CCOCC2)c2sc(NC(=O)OC3CC4CC3CC4O)nc12. The van der Waals surface area contributed by atoms with Crippen LogP contribution in [0.25, 0.3) is 10.2 Å². The molecule has 3 aliphatic rings. The number of aliphatic hydroxyl groups excluding tert-OH is 1. The third kappa shape index (κ3) is 3.51. The van der Waals surface area contributed by atoms with E-state index < -0.39 is 6.09 Å². The van der Waals surface area contributed by atoms with Gasteiger partial charge in [0.25, 0.3) is 0 Å². The highest BCUT2D eigenvalue weighted by molar-refractivity contribution is 7.23. The van der Waals surface area contributed by atoms with Gasteiger partial charge >= 0.3 is 6.09 Å². The lowest BCUT2D eigenvalue weighted by atomic mass is 9.95. The number of carbonyl (C=O) groups excluding carboxylic acids is 1. The zero-order valence-corrected chi connectivity index (χ0v) is 17.1. The number of aromatic nitrogens is 1. The summed E-state index contributed by atoms with van der Waals surface area (Å²) in [5.41, 5.74) is 1.81. The Labute approximate surface area is 172 Å². The molecule has 2 aliphatic carbocycles. The van der Waals surface area contributed by atoms with Gasteiger partial charge in [-0.2, -0.15) is 0 Å². The first-order valence-corrected chi connectivity index (χ1v) is 10.9. The van der Waals surface area contributed by atoms with Gasteiger partial charge in [0.05, 0.1) is 36.8 Å². The van der Waals surface area contributed by atoms with Gasteiger partial charge in [0.15, 0.2) is 5.13 Å². The molecule has 9 heteroatoms. The number of hydrogen-bond acceptors (Lipinski definition) is 8. The Kier molecular flexibility index (Phi) is 4.97. The fourth-order valence-electron chi connectivity index (χ4n) is 4.83. The summed E-state index contributed by atoms with van der Waals surface area (Å²) in [7, 11) is 1.62. The van der Waals surface area contributed by atoms with Crippen LogP contribution in [0.3, 0.4) is 0 Å². The van der Waals surface area contributed by atoms with Gasteiger partial charge in [0, 0.05) is 13.1 Å². The maximum atomic E-state index is 12.5. The van der Waals surface area contributed by atoms with Crippen molar-refractivity contribution in [1.82, 2.24) is 4.98 Å². The monoisotopic (exact) mass is 419 g/mol. The number of amides is 1. The molecule has 2 heterocycles. The maximum Gasteiger partial charge on any atom is 0.413 e. The van der Waals surface area contributed by atoms with E-state index in [9.17, 15) is 9.90 Å². The molecule has 0 spiro atoms. The number of morpholine rings is 1. The number of thiazole rings is 1. The molecule has 3 fully saturated rings. The number of nitrogens with zero attached hydrogens (tertiary/aromatic N) is 2. The fourth-order valence-corrected chi connectivity index (χ4v) is 5.84. The maximum absolute atomic E-state index is 12.5. The van der Waals surface area contributed by atoms with E-state index in [1.165, 1.54) is 11.3 Å². The molecule has 156 valence electrons. The van der Waals surface area contributed by atoms with Crippen molar-refractivity contribution in [2.75, 3.05) is 43.6 Å². The normalized spacial score (nSPS) is 28.7. The van der Waals surface area contributed by atoms with Crippen LogP contribution in [0.4, 0.5) is 15.6 Å². The molecule has 0 radical (unpaired) electrons. The van der Waals surface area contributed by atoms with Gasteiger partial charge in [-0.25, -0.2) is 9.78 Å². The number of methoxy groups -OCH3 is 1. The van der Waals surface area contributed by atoms with Crippen LogP contribution in [0.1, 0.15) is 19.3 Å².